The number of amides is 1. The number of carbonyl (C=O) groups is 1. The van der Waals surface area contributed by atoms with Crippen molar-refractivity contribution in [2.45, 2.75) is 46.7 Å². The van der Waals surface area contributed by atoms with Gasteiger partial charge in [0.15, 0.2) is 0 Å². The van der Waals surface area contributed by atoms with Crippen LogP contribution in [0.25, 0.3) is 10.9 Å². The second-order valence-electron chi connectivity index (χ2n) is 5.99. The third-order valence-corrected chi connectivity index (χ3v) is 4.41. The summed E-state index contributed by atoms with van der Waals surface area (Å²) < 4.78 is 4.31. The van der Waals surface area contributed by atoms with Gasteiger partial charge in [-0.25, -0.2) is 4.98 Å². The number of benzene rings is 1. The predicted molar refractivity (Wildman–Crippen MR) is 97.2 cm³/mol. The second kappa shape index (κ2) is 6.91. The molecule has 0 unspecified atom stereocenters. The maximum absolute atomic E-state index is 12.2. The molecule has 1 aromatic carbocycles. The van der Waals surface area contributed by atoms with E-state index in [0.717, 1.165) is 29.9 Å². The van der Waals surface area contributed by atoms with E-state index in [-0.39, 0.29) is 5.91 Å². The Balaban J connectivity index is 1.67. The summed E-state index contributed by atoms with van der Waals surface area (Å²) in [5, 5.41) is 4.16. The fourth-order valence-electron chi connectivity index (χ4n) is 3.21. The van der Waals surface area contributed by atoms with Crippen molar-refractivity contribution >= 4 is 22.5 Å². The molecule has 0 saturated carbocycles. The number of imidazole rings is 1. The zero-order chi connectivity index (χ0) is 17.1. The summed E-state index contributed by atoms with van der Waals surface area (Å²) >= 11 is 0. The lowest BCUT2D eigenvalue weighted by atomic mass is 10.2. The number of anilines is 1. The lowest BCUT2D eigenvalue weighted by molar-refractivity contribution is -0.116. The van der Waals surface area contributed by atoms with Crippen molar-refractivity contribution in [2.24, 2.45) is 0 Å². The minimum Gasteiger partial charge on any atom is -0.345 e. The van der Waals surface area contributed by atoms with Crippen LogP contribution in [0.1, 0.15) is 31.8 Å². The van der Waals surface area contributed by atoms with Gasteiger partial charge in [0.2, 0.25) is 5.91 Å². The Bertz CT molecular complexity index is 860. The molecule has 0 fully saturated rings. The van der Waals surface area contributed by atoms with E-state index in [9.17, 15) is 4.79 Å². The molecule has 24 heavy (non-hydrogen) atoms. The van der Waals surface area contributed by atoms with E-state index in [0.29, 0.717) is 13.0 Å². The van der Waals surface area contributed by atoms with Crippen LogP contribution in [0.5, 0.6) is 0 Å². The van der Waals surface area contributed by atoms with E-state index in [2.05, 4.69) is 47.8 Å². The molecule has 126 valence electrons. The Morgan fingerprint density at radius 2 is 2.08 bits per heavy atom. The molecule has 0 spiro atoms. The fraction of sp³-hybridized carbons (Fsp3) is 0.368. The molecule has 2 aromatic heterocycles. The van der Waals surface area contributed by atoms with Crippen molar-refractivity contribution in [2.75, 3.05) is 5.32 Å². The lowest BCUT2D eigenvalue weighted by Gasteiger charge is -2.08. The molecule has 0 aliphatic carbocycles. The molecule has 3 rings (SSSR count). The van der Waals surface area contributed by atoms with Gasteiger partial charge in [0.25, 0.3) is 0 Å². The van der Waals surface area contributed by atoms with Gasteiger partial charge in [-0.2, -0.15) is 0 Å². The quantitative estimate of drug-likeness (QED) is 0.750. The zero-order valence-corrected chi connectivity index (χ0v) is 14.5. The van der Waals surface area contributed by atoms with Crippen LogP contribution >= 0.6 is 0 Å². The Kier molecular flexibility index (Phi) is 4.69. The van der Waals surface area contributed by atoms with Crippen LogP contribution in [0.15, 0.2) is 36.7 Å². The van der Waals surface area contributed by atoms with Crippen molar-refractivity contribution in [1.29, 1.82) is 0 Å². The topological polar surface area (TPSA) is 51.9 Å². The maximum Gasteiger partial charge on any atom is 0.226 e. The first kappa shape index (κ1) is 16.3. The van der Waals surface area contributed by atoms with Crippen LogP contribution in [0.4, 0.5) is 5.69 Å². The van der Waals surface area contributed by atoms with Crippen LogP contribution in [0, 0.1) is 6.92 Å². The number of hydrogen-bond donors (Lipinski definition) is 1. The van der Waals surface area contributed by atoms with Gasteiger partial charge in [-0.3, -0.25) is 4.79 Å². The predicted octanol–water partition coefficient (Wildman–Crippen LogP) is 3.76. The smallest absolute Gasteiger partial charge is 0.226 e. The van der Waals surface area contributed by atoms with E-state index in [4.69, 9.17) is 0 Å². The first-order valence-electron chi connectivity index (χ1n) is 8.52. The van der Waals surface area contributed by atoms with Crippen LogP contribution in [0.2, 0.25) is 0 Å². The lowest BCUT2D eigenvalue weighted by Crippen LogP contribution is -2.15. The maximum atomic E-state index is 12.2. The van der Waals surface area contributed by atoms with E-state index < -0.39 is 0 Å². The summed E-state index contributed by atoms with van der Waals surface area (Å²) in [7, 11) is 0. The third-order valence-electron chi connectivity index (χ3n) is 4.41. The first-order chi connectivity index (χ1) is 11.6. The summed E-state index contributed by atoms with van der Waals surface area (Å²) in [5.41, 5.74) is 3.30. The molecule has 3 aromatic rings. The van der Waals surface area contributed by atoms with E-state index in [1.165, 1.54) is 11.2 Å². The standard InChI is InChI=1S/C19H24N4O/c1-4-18-20-9-11-22(18)10-8-19(24)21-16-6-7-17-15(13-16)12-14(3)23(17)5-2/h6-7,9,11-13H,4-5,8,10H2,1-3H3,(H,21,24). The molecule has 0 aliphatic heterocycles. The van der Waals surface area contributed by atoms with Gasteiger partial charge in [-0.1, -0.05) is 6.92 Å². The summed E-state index contributed by atoms with van der Waals surface area (Å²) in [4.78, 5) is 16.5. The Labute approximate surface area is 142 Å². The Morgan fingerprint density at radius 1 is 1.25 bits per heavy atom. The molecule has 2 heterocycles. The molecule has 0 bridgehead atoms. The van der Waals surface area contributed by atoms with E-state index >= 15 is 0 Å². The Hall–Kier alpha value is -2.56. The van der Waals surface area contributed by atoms with Crippen LogP contribution in [-0.4, -0.2) is 20.0 Å². The molecule has 0 aliphatic rings. The van der Waals surface area contributed by atoms with Gasteiger partial charge in [0.05, 0.1) is 0 Å². The summed E-state index contributed by atoms with van der Waals surface area (Å²) in [6.45, 7) is 7.92. The highest BCUT2D eigenvalue weighted by atomic mass is 16.1. The average Bonchev–Trinajstić information content (AvgIpc) is 3.15. The number of carbonyl (C=O) groups excluding carboxylic acids is 1. The molecule has 0 atom stereocenters. The van der Waals surface area contributed by atoms with Crippen molar-refractivity contribution in [3.8, 4) is 0 Å². The minimum absolute atomic E-state index is 0.0248. The number of fused-ring (bicyclic) bond motifs is 1. The monoisotopic (exact) mass is 324 g/mol. The number of aromatic nitrogens is 3. The van der Waals surface area contributed by atoms with Gasteiger partial charge in [-0.15, -0.1) is 0 Å². The van der Waals surface area contributed by atoms with E-state index in [1.54, 1.807) is 6.20 Å². The van der Waals surface area contributed by atoms with Gasteiger partial charge in [0, 0.05) is 60.6 Å². The van der Waals surface area contributed by atoms with Crippen LogP contribution in [0.3, 0.4) is 0 Å². The molecule has 1 N–H and O–H groups in total. The molecule has 0 radical (unpaired) electrons. The average molecular weight is 324 g/mol. The van der Waals surface area contributed by atoms with Crippen molar-refractivity contribution < 1.29 is 4.79 Å². The normalized spacial score (nSPS) is 11.1. The fourth-order valence-corrected chi connectivity index (χ4v) is 3.21. The van der Waals surface area contributed by atoms with E-state index in [1.807, 2.05) is 22.9 Å². The SMILES string of the molecule is CCc1nccn1CCC(=O)Nc1ccc2c(c1)cc(C)n2CC. The number of nitrogens with zero attached hydrogens (tertiary/aromatic N) is 3. The van der Waals surface area contributed by atoms with Gasteiger partial charge >= 0.3 is 0 Å². The van der Waals surface area contributed by atoms with Gasteiger partial charge in [-0.05, 0) is 38.1 Å². The van der Waals surface area contributed by atoms with Crippen molar-refractivity contribution in [3.63, 3.8) is 0 Å². The van der Waals surface area contributed by atoms with Crippen LogP contribution < -0.4 is 5.32 Å². The minimum atomic E-state index is 0.0248. The number of rotatable bonds is 6. The third kappa shape index (κ3) is 3.20. The highest BCUT2D eigenvalue weighted by Gasteiger charge is 2.08. The number of hydrogen-bond acceptors (Lipinski definition) is 2. The van der Waals surface area contributed by atoms with Crippen molar-refractivity contribution in [1.82, 2.24) is 14.1 Å². The largest absolute Gasteiger partial charge is 0.345 e. The van der Waals surface area contributed by atoms with Gasteiger partial charge < -0.3 is 14.5 Å². The Morgan fingerprint density at radius 3 is 2.83 bits per heavy atom. The molecule has 5 heteroatoms. The number of aryl methyl sites for hydroxylation is 4. The summed E-state index contributed by atoms with van der Waals surface area (Å²) in [6.07, 6.45) is 5.02. The summed E-state index contributed by atoms with van der Waals surface area (Å²) in [5.74, 6) is 1.04. The highest BCUT2D eigenvalue weighted by molar-refractivity contribution is 5.94. The van der Waals surface area contributed by atoms with Gasteiger partial charge in [0.1, 0.15) is 5.82 Å². The molecular formula is C19H24N4O. The first-order valence-corrected chi connectivity index (χ1v) is 8.52. The van der Waals surface area contributed by atoms with Crippen LogP contribution in [-0.2, 0) is 24.3 Å². The number of nitrogens with one attached hydrogen (secondary N) is 1. The second-order valence-corrected chi connectivity index (χ2v) is 5.99. The summed E-state index contributed by atoms with van der Waals surface area (Å²) in [6, 6.07) is 8.25. The molecule has 5 nitrogen and oxygen atoms in total. The highest BCUT2D eigenvalue weighted by Crippen LogP contribution is 2.23. The molecular weight excluding hydrogens is 300 g/mol. The molecule has 0 saturated heterocycles. The zero-order valence-electron chi connectivity index (χ0n) is 14.5. The van der Waals surface area contributed by atoms with Crippen molar-refractivity contribution in [3.05, 3.63) is 48.2 Å². The molecule has 1 amide bonds.